The average Bonchev–Trinajstić information content (AvgIpc) is 3.39. The lowest BCUT2D eigenvalue weighted by Crippen LogP contribution is -2.45. The number of aromatic nitrogens is 2. The quantitative estimate of drug-likeness (QED) is 0.719. The molecule has 172 valence electrons. The highest BCUT2D eigenvalue weighted by Crippen LogP contribution is 2.39. The van der Waals surface area contributed by atoms with Crippen molar-refractivity contribution in [3.8, 4) is 0 Å². The van der Waals surface area contributed by atoms with Crippen LogP contribution < -0.4 is 5.32 Å². The van der Waals surface area contributed by atoms with Crippen LogP contribution >= 0.6 is 0 Å². The molecule has 2 N–H and O–H groups in total. The van der Waals surface area contributed by atoms with Crippen molar-refractivity contribution in [3.05, 3.63) is 47.3 Å². The van der Waals surface area contributed by atoms with Gasteiger partial charge in [-0.25, -0.2) is 0 Å². The Balaban J connectivity index is 1.43. The van der Waals surface area contributed by atoms with Crippen LogP contribution in [0.25, 0.3) is 0 Å². The molecule has 1 saturated heterocycles. The van der Waals surface area contributed by atoms with E-state index in [4.69, 9.17) is 0 Å². The summed E-state index contributed by atoms with van der Waals surface area (Å²) in [6.45, 7) is 8.09. The second-order valence-electron chi connectivity index (χ2n) is 10.3. The van der Waals surface area contributed by atoms with E-state index in [2.05, 4.69) is 58.5 Å². The van der Waals surface area contributed by atoms with Gasteiger partial charge < -0.3 is 10.2 Å². The Hall–Kier alpha value is -2.34. The molecule has 1 aliphatic carbocycles. The van der Waals surface area contributed by atoms with E-state index in [1.165, 1.54) is 37.7 Å². The van der Waals surface area contributed by atoms with Crippen molar-refractivity contribution in [2.45, 2.75) is 76.9 Å². The molecular formula is C26H37N5O. The van der Waals surface area contributed by atoms with Crippen LogP contribution in [0.2, 0.25) is 0 Å². The van der Waals surface area contributed by atoms with Crippen molar-refractivity contribution < 1.29 is 4.79 Å². The lowest BCUT2D eigenvalue weighted by molar-refractivity contribution is 0.0660. The summed E-state index contributed by atoms with van der Waals surface area (Å²) in [5, 5.41) is 11.2. The van der Waals surface area contributed by atoms with Crippen LogP contribution in [-0.4, -0.2) is 57.6 Å². The Morgan fingerprint density at radius 2 is 1.94 bits per heavy atom. The van der Waals surface area contributed by atoms with E-state index in [1.54, 1.807) is 0 Å². The molecule has 3 heterocycles. The molecule has 2 aromatic rings. The highest BCUT2D eigenvalue weighted by molar-refractivity contribution is 5.92. The smallest absolute Gasteiger partial charge is 0.274 e. The third-order valence-electron chi connectivity index (χ3n) is 7.46. The molecule has 1 saturated carbocycles. The van der Waals surface area contributed by atoms with E-state index in [1.807, 2.05) is 11.0 Å². The third-order valence-corrected chi connectivity index (χ3v) is 7.46. The largest absolute Gasteiger partial charge is 0.385 e. The summed E-state index contributed by atoms with van der Waals surface area (Å²) in [5.41, 5.74) is 4.02. The average molecular weight is 436 g/mol. The van der Waals surface area contributed by atoms with Gasteiger partial charge in [0, 0.05) is 49.0 Å². The van der Waals surface area contributed by atoms with Gasteiger partial charge in [0.1, 0.15) is 5.69 Å². The maximum absolute atomic E-state index is 13.7. The van der Waals surface area contributed by atoms with E-state index < -0.39 is 0 Å². The van der Waals surface area contributed by atoms with Crippen LogP contribution in [0.3, 0.4) is 0 Å². The number of hydrogen-bond acceptors (Lipinski definition) is 4. The number of nitrogens with one attached hydrogen (secondary N) is 2. The molecule has 2 atom stereocenters. The zero-order chi connectivity index (χ0) is 22.1. The monoisotopic (exact) mass is 435 g/mol. The zero-order valence-corrected chi connectivity index (χ0v) is 19.5. The molecule has 2 bridgehead atoms. The van der Waals surface area contributed by atoms with Crippen LogP contribution in [0.1, 0.15) is 80.0 Å². The molecule has 0 spiro atoms. The minimum Gasteiger partial charge on any atom is -0.385 e. The normalized spacial score (nSPS) is 24.2. The Morgan fingerprint density at radius 3 is 2.75 bits per heavy atom. The Kier molecular flexibility index (Phi) is 6.22. The molecule has 1 aromatic heterocycles. The maximum Gasteiger partial charge on any atom is 0.274 e. The lowest BCUT2D eigenvalue weighted by Gasteiger charge is -2.34. The first-order chi connectivity index (χ1) is 15.6. The number of para-hydroxylation sites is 1. The number of anilines is 1. The molecule has 0 unspecified atom stereocenters. The first-order valence-corrected chi connectivity index (χ1v) is 12.5. The number of amides is 1. The molecule has 6 heteroatoms. The van der Waals surface area contributed by atoms with Crippen molar-refractivity contribution in [3.63, 3.8) is 0 Å². The lowest BCUT2D eigenvalue weighted by atomic mass is 10.1. The van der Waals surface area contributed by atoms with Crippen LogP contribution in [0.15, 0.2) is 30.3 Å². The first-order valence-electron chi connectivity index (χ1n) is 12.5. The first kappa shape index (κ1) is 21.5. The van der Waals surface area contributed by atoms with Crippen molar-refractivity contribution >= 4 is 11.6 Å². The van der Waals surface area contributed by atoms with Gasteiger partial charge >= 0.3 is 0 Å². The van der Waals surface area contributed by atoms with Gasteiger partial charge in [0.05, 0.1) is 0 Å². The molecule has 5 rings (SSSR count). The summed E-state index contributed by atoms with van der Waals surface area (Å²) >= 11 is 0. The minimum atomic E-state index is 0.0504. The zero-order valence-electron chi connectivity index (χ0n) is 19.5. The second-order valence-corrected chi connectivity index (χ2v) is 10.3. The summed E-state index contributed by atoms with van der Waals surface area (Å²) in [7, 11) is 0. The standard InChI is InChI=1S/C26H37N5O/c1-18(2)12-14-31-21-9-10-22(31)17-30(16-20-5-3-4-6-23(20)27-13-11-21)26(32)25-15-24(28-29-25)19-7-8-19/h3-6,15,18-19,21-22,27H,7-14,16-17H2,1-2H3,(H,28,29)/t21-,22+/m1/s1. The van der Waals surface area contributed by atoms with Crippen LogP contribution in [0.4, 0.5) is 5.69 Å². The summed E-state index contributed by atoms with van der Waals surface area (Å²) in [5.74, 6) is 1.31. The van der Waals surface area contributed by atoms with Gasteiger partial charge in [-0.05, 0) is 68.7 Å². The van der Waals surface area contributed by atoms with Crippen molar-refractivity contribution in [2.24, 2.45) is 5.92 Å². The van der Waals surface area contributed by atoms with Crippen LogP contribution in [-0.2, 0) is 6.54 Å². The summed E-state index contributed by atoms with van der Waals surface area (Å²) in [4.78, 5) is 18.4. The molecule has 1 aromatic carbocycles. The number of nitrogens with zero attached hydrogens (tertiary/aromatic N) is 3. The number of carbonyl (C=O) groups excluding carboxylic acids is 1. The number of rotatable bonds is 5. The predicted octanol–water partition coefficient (Wildman–Crippen LogP) is 4.62. The second kappa shape index (κ2) is 9.26. The minimum absolute atomic E-state index is 0.0504. The molecule has 2 fully saturated rings. The third kappa shape index (κ3) is 4.70. The Morgan fingerprint density at radius 1 is 1.12 bits per heavy atom. The summed E-state index contributed by atoms with van der Waals surface area (Å²) in [6, 6.07) is 11.5. The van der Waals surface area contributed by atoms with Gasteiger partial charge in [-0.2, -0.15) is 5.10 Å². The van der Waals surface area contributed by atoms with E-state index >= 15 is 0 Å². The van der Waals surface area contributed by atoms with E-state index in [0.29, 0.717) is 36.2 Å². The van der Waals surface area contributed by atoms with E-state index in [0.717, 1.165) is 37.4 Å². The number of hydrogen-bond donors (Lipinski definition) is 2. The molecule has 0 radical (unpaired) electrons. The fourth-order valence-corrected chi connectivity index (χ4v) is 5.39. The summed E-state index contributed by atoms with van der Waals surface area (Å²) in [6.07, 6.45) is 7.16. The van der Waals surface area contributed by atoms with E-state index in [9.17, 15) is 4.79 Å². The Bertz CT molecular complexity index is 934. The van der Waals surface area contributed by atoms with Gasteiger partial charge in [-0.3, -0.25) is 14.8 Å². The van der Waals surface area contributed by atoms with Crippen molar-refractivity contribution in [1.82, 2.24) is 20.0 Å². The molecule has 2 aliphatic heterocycles. The number of carbonyl (C=O) groups is 1. The topological polar surface area (TPSA) is 64.3 Å². The number of fused-ring (bicyclic) bond motifs is 3. The van der Waals surface area contributed by atoms with Gasteiger partial charge in [0.15, 0.2) is 0 Å². The van der Waals surface area contributed by atoms with Crippen LogP contribution in [0.5, 0.6) is 0 Å². The number of benzene rings is 1. The molecule has 1 amide bonds. The maximum atomic E-state index is 13.7. The SMILES string of the molecule is CC(C)CCN1[C@H]2CCNc3ccccc3CN(C(=O)c3cc(C4CC4)[nH]n3)C[C@@H]1CC2. The van der Waals surface area contributed by atoms with Gasteiger partial charge in [0.25, 0.3) is 5.91 Å². The fourth-order valence-electron chi connectivity index (χ4n) is 5.39. The number of aromatic amines is 1. The molecule has 3 aliphatic rings. The number of H-pyrrole nitrogens is 1. The van der Waals surface area contributed by atoms with Gasteiger partial charge in [-0.15, -0.1) is 0 Å². The van der Waals surface area contributed by atoms with Gasteiger partial charge in [0.2, 0.25) is 0 Å². The molecule has 6 nitrogen and oxygen atoms in total. The summed E-state index contributed by atoms with van der Waals surface area (Å²) < 4.78 is 0. The van der Waals surface area contributed by atoms with Crippen molar-refractivity contribution in [2.75, 3.05) is 25.0 Å². The van der Waals surface area contributed by atoms with Gasteiger partial charge in [-0.1, -0.05) is 32.0 Å². The highest BCUT2D eigenvalue weighted by Gasteiger charge is 2.36. The van der Waals surface area contributed by atoms with E-state index in [-0.39, 0.29) is 5.91 Å². The molecule has 32 heavy (non-hydrogen) atoms. The fraction of sp³-hybridized carbons (Fsp3) is 0.615. The Labute approximate surface area is 191 Å². The van der Waals surface area contributed by atoms with Crippen LogP contribution in [0, 0.1) is 5.92 Å². The van der Waals surface area contributed by atoms with Crippen molar-refractivity contribution in [1.29, 1.82) is 0 Å². The highest BCUT2D eigenvalue weighted by atomic mass is 16.2. The molecular weight excluding hydrogens is 398 g/mol. The predicted molar refractivity (Wildman–Crippen MR) is 128 cm³/mol.